The van der Waals surface area contributed by atoms with Crippen molar-refractivity contribution in [2.24, 2.45) is 0 Å². The van der Waals surface area contributed by atoms with E-state index in [0.29, 0.717) is 0 Å². The number of benzene rings is 5. The van der Waals surface area contributed by atoms with E-state index in [1.165, 1.54) is 77.2 Å². The number of nitrogens with one attached hydrogen (secondary N) is 2. The molecule has 0 saturated heterocycles. The van der Waals surface area contributed by atoms with Gasteiger partial charge >= 0.3 is 0 Å². The summed E-state index contributed by atoms with van der Waals surface area (Å²) in [6, 6.07) is 33.7. The number of H-pyrrole nitrogens is 1. The van der Waals surface area contributed by atoms with Gasteiger partial charge in [-0.2, -0.15) is 0 Å². The van der Waals surface area contributed by atoms with Crippen LogP contribution in [-0.2, 0) is 11.8 Å². The minimum Gasteiger partial charge on any atom is -0.356 e. The number of para-hydroxylation sites is 2. The minimum absolute atomic E-state index is 0.565. The maximum atomic E-state index is 4.83. The van der Waals surface area contributed by atoms with Gasteiger partial charge in [0.05, 0.1) is 10.9 Å². The van der Waals surface area contributed by atoms with Crippen LogP contribution >= 0.6 is 0 Å². The van der Waals surface area contributed by atoms with Gasteiger partial charge in [0.2, 0.25) is 0 Å². The fourth-order valence-corrected chi connectivity index (χ4v) is 9.00. The zero-order chi connectivity index (χ0) is 35.2. The van der Waals surface area contributed by atoms with E-state index in [-0.39, 0.29) is 0 Å². The molecule has 0 spiro atoms. The molecule has 2 N–H and O–H groups in total. The number of anilines is 2. The quantitative estimate of drug-likeness (QED) is 0.128. The highest BCUT2D eigenvalue weighted by atomic mass is 14.9. The van der Waals surface area contributed by atoms with Crippen molar-refractivity contribution in [3.8, 4) is 11.1 Å². The second-order valence-electron chi connectivity index (χ2n) is 14.3. The molecule has 0 amide bonds. The fraction of sp³-hybridized carbons (Fsp3) is 0.143. The third-order valence-corrected chi connectivity index (χ3v) is 11.3. The summed E-state index contributed by atoms with van der Waals surface area (Å²) in [5, 5.41) is 6.70. The lowest BCUT2D eigenvalue weighted by Crippen LogP contribution is -2.41. The third-order valence-electron chi connectivity index (χ3n) is 11.3. The van der Waals surface area contributed by atoms with Crippen LogP contribution in [0.1, 0.15) is 54.0 Å². The molecule has 6 aromatic rings. The van der Waals surface area contributed by atoms with Crippen molar-refractivity contribution < 1.29 is 0 Å². The Kier molecular flexibility index (Phi) is 8.08. The number of hydrogen-bond acceptors (Lipinski definition) is 1. The molecule has 52 heavy (non-hydrogen) atoms. The average Bonchev–Trinajstić information content (AvgIpc) is 3.58. The van der Waals surface area contributed by atoms with Crippen molar-refractivity contribution in [1.29, 1.82) is 0 Å². The Morgan fingerprint density at radius 1 is 0.865 bits per heavy atom. The van der Waals surface area contributed by atoms with Crippen LogP contribution in [0.5, 0.6) is 0 Å². The Labute approximate surface area is 307 Å². The van der Waals surface area contributed by atoms with Crippen LogP contribution in [-0.4, -0.2) is 12.3 Å². The number of rotatable bonds is 7. The maximum Gasteiger partial charge on any atom is 0.197 e. The van der Waals surface area contributed by atoms with Crippen LogP contribution in [0.4, 0.5) is 11.4 Å². The normalized spacial score (nSPS) is 15.9. The smallest absolute Gasteiger partial charge is 0.197 e. The molecule has 1 aromatic heterocycles. The summed E-state index contributed by atoms with van der Waals surface area (Å²) in [5.74, 6) is 0. The Bertz CT molecular complexity index is 2560. The zero-order valence-corrected chi connectivity index (χ0v) is 30.0. The van der Waals surface area contributed by atoms with Crippen LogP contribution in [0.25, 0.3) is 39.0 Å². The van der Waals surface area contributed by atoms with Crippen molar-refractivity contribution in [1.82, 2.24) is 4.98 Å². The first-order chi connectivity index (χ1) is 25.6. The largest absolute Gasteiger partial charge is 0.356 e. The lowest BCUT2D eigenvalue weighted by atomic mass is 9.55. The van der Waals surface area contributed by atoms with Gasteiger partial charge in [0.1, 0.15) is 0 Å². The summed E-state index contributed by atoms with van der Waals surface area (Å²) in [4.78, 5) is 3.87. The van der Waals surface area contributed by atoms with Crippen LogP contribution in [0.15, 0.2) is 157 Å². The SMILES string of the molecule is C=C(/C=C\C=C/C)C(C1=CC=CCC1)(c1ccccc1)c1cccc2c1Nc1cc(C)cc(-c3cccc4c3[nH]c3ccc5c(c34)CCC=C5)c1[B]2. The first-order valence-corrected chi connectivity index (χ1v) is 18.6. The molecule has 1 unspecified atom stereocenters. The summed E-state index contributed by atoms with van der Waals surface area (Å²) in [5.41, 5.74) is 17.8. The van der Waals surface area contributed by atoms with E-state index in [2.05, 4.69) is 177 Å². The monoisotopic (exact) mass is 669 g/mol. The van der Waals surface area contributed by atoms with Crippen molar-refractivity contribution in [2.45, 2.75) is 44.9 Å². The summed E-state index contributed by atoms with van der Waals surface area (Å²) < 4.78 is 0. The number of allylic oxidation sites excluding steroid dienone is 10. The van der Waals surface area contributed by atoms with Gasteiger partial charge < -0.3 is 10.3 Å². The van der Waals surface area contributed by atoms with E-state index in [1.54, 1.807) is 0 Å². The number of hydrogen-bond donors (Lipinski definition) is 2. The molecule has 1 atom stereocenters. The van der Waals surface area contributed by atoms with Crippen LogP contribution < -0.4 is 16.2 Å². The summed E-state index contributed by atoms with van der Waals surface area (Å²) >= 11 is 0. The molecule has 3 aliphatic rings. The van der Waals surface area contributed by atoms with E-state index < -0.39 is 5.41 Å². The van der Waals surface area contributed by atoms with E-state index in [0.717, 1.165) is 42.6 Å². The van der Waals surface area contributed by atoms with Crippen LogP contribution in [0, 0.1) is 6.92 Å². The topological polar surface area (TPSA) is 27.8 Å². The molecule has 2 nitrogen and oxygen atoms in total. The molecule has 3 heteroatoms. The van der Waals surface area contributed by atoms with E-state index >= 15 is 0 Å². The second-order valence-corrected chi connectivity index (χ2v) is 14.3. The standard InChI is InChI=1S/C49H42BN2/c1-4-5-8-17-33(3)49(35-19-9-6-10-20-35,36-21-11-7-12-22-36)41-26-16-27-42-48(41)52-44-31-32(2)30-40(46(44)50-42)38-24-15-25-39-45-37-23-14-13-18-34(37)28-29-43(45)51-47(38)39/h4-11,13,15-21,24-31,51-52H,3,12,14,22-23H2,1-2H3/b5-4-,17-8-. The van der Waals surface area contributed by atoms with Crippen molar-refractivity contribution in [3.05, 3.63) is 185 Å². The van der Waals surface area contributed by atoms with Crippen molar-refractivity contribution in [3.63, 3.8) is 0 Å². The molecule has 0 bridgehead atoms. The lowest BCUT2D eigenvalue weighted by Gasteiger charge is -2.42. The van der Waals surface area contributed by atoms with Crippen LogP contribution in [0.3, 0.4) is 0 Å². The highest BCUT2D eigenvalue weighted by molar-refractivity contribution is 6.73. The van der Waals surface area contributed by atoms with Gasteiger partial charge in [-0.3, -0.25) is 0 Å². The summed E-state index contributed by atoms with van der Waals surface area (Å²) in [6.45, 7) is 9.09. The van der Waals surface area contributed by atoms with Crippen molar-refractivity contribution >= 4 is 57.5 Å². The summed E-state index contributed by atoms with van der Waals surface area (Å²) in [7, 11) is 2.40. The van der Waals surface area contributed by atoms with Gasteiger partial charge in [0.25, 0.3) is 0 Å². The van der Waals surface area contributed by atoms with E-state index in [1.807, 2.05) is 0 Å². The fourth-order valence-electron chi connectivity index (χ4n) is 9.00. The first kappa shape index (κ1) is 32.1. The van der Waals surface area contributed by atoms with Crippen molar-refractivity contribution in [2.75, 3.05) is 5.32 Å². The first-order valence-electron chi connectivity index (χ1n) is 18.6. The molecule has 0 fully saturated rings. The Morgan fingerprint density at radius 2 is 1.73 bits per heavy atom. The maximum absolute atomic E-state index is 4.83. The Hall–Kier alpha value is -5.80. The van der Waals surface area contributed by atoms with E-state index in [9.17, 15) is 0 Å². The number of aromatic amines is 1. The van der Waals surface area contributed by atoms with E-state index in [4.69, 9.17) is 6.58 Å². The highest BCUT2D eigenvalue weighted by Gasteiger charge is 2.42. The van der Waals surface area contributed by atoms with Gasteiger partial charge in [0.15, 0.2) is 7.28 Å². The number of fused-ring (bicyclic) bond motifs is 7. The molecule has 2 heterocycles. The molecule has 1 aliphatic heterocycles. The third kappa shape index (κ3) is 5.10. The molecular formula is C49H42BN2. The molecule has 2 aliphatic carbocycles. The summed E-state index contributed by atoms with van der Waals surface area (Å²) in [6.07, 6.45) is 24.0. The molecular weight excluding hydrogens is 627 g/mol. The molecule has 5 aromatic carbocycles. The Morgan fingerprint density at radius 3 is 2.58 bits per heavy atom. The van der Waals surface area contributed by atoms with Gasteiger partial charge in [-0.1, -0.05) is 157 Å². The Balaban J connectivity index is 1.24. The number of aryl methyl sites for hydroxylation is 2. The average molecular weight is 670 g/mol. The minimum atomic E-state index is -0.565. The molecule has 9 rings (SSSR count). The van der Waals surface area contributed by atoms with Gasteiger partial charge in [-0.25, -0.2) is 0 Å². The molecule has 1 radical (unpaired) electrons. The highest BCUT2D eigenvalue weighted by Crippen LogP contribution is 2.50. The lowest BCUT2D eigenvalue weighted by molar-refractivity contribution is 0.679. The molecule has 0 saturated carbocycles. The predicted octanol–water partition coefficient (Wildman–Crippen LogP) is 11.2. The van der Waals surface area contributed by atoms with Gasteiger partial charge in [-0.05, 0) is 90.6 Å². The number of aromatic nitrogens is 1. The van der Waals surface area contributed by atoms with Gasteiger partial charge in [-0.15, -0.1) is 0 Å². The molecule has 251 valence electrons. The van der Waals surface area contributed by atoms with Crippen LogP contribution in [0.2, 0.25) is 0 Å². The van der Waals surface area contributed by atoms with Gasteiger partial charge in [0, 0.05) is 33.2 Å². The second kappa shape index (κ2) is 13.1. The zero-order valence-electron chi connectivity index (χ0n) is 30.0. The predicted molar refractivity (Wildman–Crippen MR) is 225 cm³/mol.